The number of carboxylic acid groups (broad SMARTS) is 1. The second-order valence-corrected chi connectivity index (χ2v) is 7.19. The molecule has 0 aromatic carbocycles. The molecule has 2 heterocycles. The fourth-order valence-corrected chi connectivity index (χ4v) is 4.26. The number of carboxylic acids is 1. The first kappa shape index (κ1) is 17.2. The van der Waals surface area contributed by atoms with Gasteiger partial charge in [0.05, 0.1) is 18.1 Å². The van der Waals surface area contributed by atoms with Crippen LogP contribution in [0.4, 0.5) is 0 Å². The number of amides is 1. The van der Waals surface area contributed by atoms with Crippen LogP contribution in [0.5, 0.6) is 0 Å². The molecule has 2 rings (SSSR count). The molecule has 9 nitrogen and oxygen atoms in total. The average molecular weight is 352 g/mol. The summed E-state index contributed by atoms with van der Waals surface area (Å²) in [5.74, 6) is -2.03. The van der Waals surface area contributed by atoms with E-state index in [9.17, 15) is 23.1 Å². The quantitative estimate of drug-likeness (QED) is 0.404. The number of aliphatic carboxylic acids is 1. The van der Waals surface area contributed by atoms with Crippen molar-refractivity contribution in [3.63, 3.8) is 0 Å². The van der Waals surface area contributed by atoms with Gasteiger partial charge in [0.1, 0.15) is 5.70 Å². The van der Waals surface area contributed by atoms with Crippen LogP contribution in [-0.2, 0) is 24.2 Å². The summed E-state index contributed by atoms with van der Waals surface area (Å²) < 4.78 is 34.6. The number of carbonyl (C=O) groups is 2. The molecule has 4 N–H and O–H groups in total. The third kappa shape index (κ3) is 3.13. The molecule has 2 aliphatic heterocycles. The zero-order valence-corrected chi connectivity index (χ0v) is 13.3. The van der Waals surface area contributed by atoms with Gasteiger partial charge in [0.15, 0.2) is 0 Å². The largest absolute Gasteiger partial charge is 0.477 e. The second kappa shape index (κ2) is 6.16. The molecule has 2 aliphatic rings. The predicted octanol–water partition coefficient (Wildman–Crippen LogP) is -0.587. The van der Waals surface area contributed by atoms with Gasteiger partial charge < -0.3 is 15.7 Å². The number of carbonyl (C=O) groups excluding carboxylic acids is 1. The van der Waals surface area contributed by atoms with Crippen molar-refractivity contribution in [1.82, 2.24) is 4.90 Å². The molecule has 11 heteroatoms. The third-order valence-electron chi connectivity index (χ3n) is 3.54. The average Bonchev–Trinajstić information content (AvgIpc) is 2.68. The number of nitrogens with zero attached hydrogens (tertiary/aromatic N) is 1. The molecule has 1 saturated heterocycles. The first-order valence-corrected chi connectivity index (χ1v) is 8.80. The van der Waals surface area contributed by atoms with E-state index in [2.05, 4.69) is 4.18 Å². The Morgan fingerprint density at radius 1 is 1.59 bits per heavy atom. The zero-order chi connectivity index (χ0) is 16.7. The van der Waals surface area contributed by atoms with Gasteiger partial charge in [-0.1, -0.05) is 0 Å². The Balaban J connectivity index is 2.17. The molecule has 0 aliphatic carbocycles. The van der Waals surface area contributed by atoms with Gasteiger partial charge in [-0.25, -0.2) is 8.98 Å². The number of hydrogen-bond donors (Lipinski definition) is 3. The van der Waals surface area contributed by atoms with Crippen LogP contribution in [0.1, 0.15) is 13.3 Å². The number of hydrogen-bond acceptors (Lipinski definition) is 7. The number of rotatable bonds is 7. The molecule has 0 saturated carbocycles. The van der Waals surface area contributed by atoms with Crippen LogP contribution < -0.4 is 5.73 Å². The van der Waals surface area contributed by atoms with Crippen LogP contribution in [-0.4, -0.2) is 59.3 Å². The van der Waals surface area contributed by atoms with Crippen LogP contribution in [0, 0.1) is 5.92 Å². The Bertz CT molecular complexity index is 630. The fraction of sp³-hybridized carbons (Fsp3) is 0.636. The highest BCUT2D eigenvalue weighted by Crippen LogP contribution is 2.47. The third-order valence-corrected chi connectivity index (χ3v) is 5.24. The van der Waals surface area contributed by atoms with Gasteiger partial charge >= 0.3 is 16.4 Å². The summed E-state index contributed by atoms with van der Waals surface area (Å²) in [7, 11) is -4.68. The number of fused-ring (bicyclic) bond motifs is 1. The lowest BCUT2D eigenvalue weighted by atomic mass is 9.83. The number of nitrogens with two attached hydrogens (primary N) is 1. The Kier molecular flexibility index (Phi) is 4.82. The highest BCUT2D eigenvalue weighted by molar-refractivity contribution is 8.03. The van der Waals surface area contributed by atoms with Crippen molar-refractivity contribution >= 4 is 34.0 Å². The van der Waals surface area contributed by atoms with Gasteiger partial charge in [-0.15, -0.1) is 11.8 Å². The van der Waals surface area contributed by atoms with Crippen molar-refractivity contribution in [1.29, 1.82) is 0 Å². The van der Waals surface area contributed by atoms with E-state index >= 15 is 0 Å². The first-order valence-electron chi connectivity index (χ1n) is 6.45. The molecule has 3 unspecified atom stereocenters. The molecule has 0 aromatic heterocycles. The van der Waals surface area contributed by atoms with Gasteiger partial charge in [0.25, 0.3) is 0 Å². The number of thioether (sulfide) groups is 1. The molecule has 0 aromatic rings. The highest BCUT2D eigenvalue weighted by atomic mass is 32.3. The summed E-state index contributed by atoms with van der Waals surface area (Å²) in [5.41, 5.74) is 5.32. The maximum atomic E-state index is 12.1. The summed E-state index contributed by atoms with van der Waals surface area (Å²) in [6.45, 7) is 1.71. The van der Waals surface area contributed by atoms with Gasteiger partial charge in [-0.3, -0.25) is 9.35 Å². The standard InChI is InChI=1S/C11H16N2O7S2/c1-5(20-22(17,18)19)8-6-4-7(21-3-2-12)9(11(15)16)13(6)10(8)14/h5-6,8H,2-4,12H2,1H3,(H,15,16)(H,17,18,19). The van der Waals surface area contributed by atoms with E-state index in [1.165, 1.54) is 18.7 Å². The molecule has 0 radical (unpaired) electrons. The van der Waals surface area contributed by atoms with Gasteiger partial charge in [0.2, 0.25) is 5.91 Å². The van der Waals surface area contributed by atoms with E-state index in [4.69, 9.17) is 10.3 Å². The molecule has 0 bridgehead atoms. The van der Waals surface area contributed by atoms with E-state index in [1.807, 2.05) is 0 Å². The minimum absolute atomic E-state index is 0.0799. The van der Waals surface area contributed by atoms with Crippen molar-refractivity contribution in [3.05, 3.63) is 10.6 Å². The Morgan fingerprint density at radius 3 is 2.73 bits per heavy atom. The number of β-lactam (4-membered cyclic amide) rings is 1. The lowest BCUT2D eigenvalue weighted by Gasteiger charge is -2.45. The molecule has 124 valence electrons. The monoisotopic (exact) mass is 352 g/mol. The van der Waals surface area contributed by atoms with Gasteiger partial charge in [-0.2, -0.15) is 8.42 Å². The fourth-order valence-electron chi connectivity index (χ4n) is 2.78. The second-order valence-electron chi connectivity index (χ2n) is 4.95. The van der Waals surface area contributed by atoms with E-state index in [-0.39, 0.29) is 5.70 Å². The minimum Gasteiger partial charge on any atom is -0.477 e. The highest BCUT2D eigenvalue weighted by Gasteiger charge is 2.57. The summed E-state index contributed by atoms with van der Waals surface area (Å²) in [5, 5.41) is 9.27. The molecule has 3 atom stereocenters. The lowest BCUT2D eigenvalue weighted by molar-refractivity contribution is -0.160. The topological polar surface area (TPSA) is 147 Å². The van der Waals surface area contributed by atoms with Crippen molar-refractivity contribution in [2.45, 2.75) is 25.5 Å². The van der Waals surface area contributed by atoms with E-state index in [0.717, 1.165) is 4.90 Å². The van der Waals surface area contributed by atoms with Crippen molar-refractivity contribution in [2.75, 3.05) is 12.3 Å². The maximum absolute atomic E-state index is 12.1. The SMILES string of the molecule is CC(OS(=O)(=O)O)C1C(=O)N2C(C(=O)O)=C(SCCN)CC12. The molecular formula is C11H16N2O7S2. The summed E-state index contributed by atoms with van der Waals surface area (Å²) >= 11 is 1.27. The molecule has 1 fully saturated rings. The van der Waals surface area contributed by atoms with E-state index in [0.29, 0.717) is 23.6 Å². The lowest BCUT2D eigenvalue weighted by Crippen LogP contribution is -2.62. The van der Waals surface area contributed by atoms with Crippen LogP contribution in [0.2, 0.25) is 0 Å². The zero-order valence-electron chi connectivity index (χ0n) is 11.6. The normalized spacial score (nSPS) is 26.0. The first-order chi connectivity index (χ1) is 10.2. The van der Waals surface area contributed by atoms with Crippen molar-refractivity contribution < 1.29 is 31.8 Å². The van der Waals surface area contributed by atoms with Crippen molar-refractivity contribution in [3.8, 4) is 0 Å². The van der Waals surface area contributed by atoms with Crippen LogP contribution >= 0.6 is 11.8 Å². The van der Waals surface area contributed by atoms with Gasteiger partial charge in [0, 0.05) is 23.6 Å². The smallest absolute Gasteiger partial charge is 0.397 e. The Hall–Kier alpha value is -1.14. The summed E-state index contributed by atoms with van der Waals surface area (Å²) in [6.07, 6.45) is -0.764. The maximum Gasteiger partial charge on any atom is 0.397 e. The Morgan fingerprint density at radius 2 is 2.23 bits per heavy atom. The Labute approximate surface area is 131 Å². The van der Waals surface area contributed by atoms with E-state index < -0.39 is 40.3 Å². The van der Waals surface area contributed by atoms with Gasteiger partial charge in [-0.05, 0) is 6.92 Å². The van der Waals surface area contributed by atoms with Crippen LogP contribution in [0.25, 0.3) is 0 Å². The summed E-state index contributed by atoms with van der Waals surface area (Å²) in [6, 6.07) is -0.476. The molecular weight excluding hydrogens is 336 g/mol. The minimum atomic E-state index is -4.68. The molecule has 0 spiro atoms. The van der Waals surface area contributed by atoms with E-state index in [1.54, 1.807) is 0 Å². The van der Waals surface area contributed by atoms with Crippen molar-refractivity contribution in [2.24, 2.45) is 11.7 Å². The predicted molar refractivity (Wildman–Crippen MR) is 77.0 cm³/mol. The molecule has 1 amide bonds. The summed E-state index contributed by atoms with van der Waals surface area (Å²) in [4.78, 5) is 25.2. The molecule has 22 heavy (non-hydrogen) atoms. The van der Waals surface area contributed by atoms with Crippen LogP contribution in [0.15, 0.2) is 10.6 Å². The van der Waals surface area contributed by atoms with Crippen LogP contribution in [0.3, 0.4) is 0 Å².